The van der Waals surface area contributed by atoms with Crippen molar-refractivity contribution in [2.45, 2.75) is 19.9 Å². The largest absolute Gasteiger partial charge is 0.351 e. The molecule has 38 heavy (non-hydrogen) atoms. The van der Waals surface area contributed by atoms with E-state index in [2.05, 4.69) is 20.9 Å². The van der Waals surface area contributed by atoms with Crippen LogP contribution < -0.4 is 10.7 Å². The van der Waals surface area contributed by atoms with E-state index >= 15 is 4.39 Å². The molecule has 1 amide bonds. The van der Waals surface area contributed by atoms with Crippen LogP contribution in [0, 0.1) is 17.1 Å². The molecule has 0 aliphatic rings. The maximum absolute atomic E-state index is 15.1. The van der Waals surface area contributed by atoms with Gasteiger partial charge in [0.25, 0.3) is 0 Å². The molecule has 0 atom stereocenters. The van der Waals surface area contributed by atoms with Crippen molar-refractivity contribution in [3.63, 3.8) is 0 Å². The van der Waals surface area contributed by atoms with Crippen molar-refractivity contribution in [3.8, 4) is 17.2 Å². The van der Waals surface area contributed by atoms with E-state index in [0.29, 0.717) is 50.8 Å². The Morgan fingerprint density at radius 2 is 1.97 bits per heavy atom. The molecule has 2 N–H and O–H groups in total. The van der Waals surface area contributed by atoms with Crippen LogP contribution in [-0.2, 0) is 13.0 Å². The lowest BCUT2D eigenvalue weighted by molar-refractivity contribution is 0.0973. The average molecular weight is 549 g/mol. The number of imidazole rings is 1. The van der Waals surface area contributed by atoms with Crippen LogP contribution in [0.5, 0.6) is 0 Å². The van der Waals surface area contributed by atoms with Crippen LogP contribution in [0.1, 0.15) is 34.3 Å². The highest BCUT2D eigenvalue weighted by Gasteiger charge is 2.18. The first kappa shape index (κ1) is 25.3. The van der Waals surface area contributed by atoms with Gasteiger partial charge in [-0.15, -0.1) is 0 Å². The summed E-state index contributed by atoms with van der Waals surface area (Å²) in [6.45, 7) is 1.97. The lowest BCUT2D eigenvalue weighted by Gasteiger charge is -2.13. The number of nitrogens with one attached hydrogen (secondary N) is 2. The second kappa shape index (κ2) is 10.5. The molecule has 0 aliphatic heterocycles. The molecule has 3 aromatic carbocycles. The zero-order valence-corrected chi connectivity index (χ0v) is 21.4. The zero-order valence-electron chi connectivity index (χ0n) is 19.9. The fourth-order valence-corrected chi connectivity index (χ4v) is 4.48. The molecule has 11 heteroatoms. The number of anilines is 1. The monoisotopic (exact) mass is 548 g/mol. The van der Waals surface area contributed by atoms with Crippen LogP contribution in [0.15, 0.2) is 65.2 Å². The Bertz CT molecular complexity index is 1720. The first-order chi connectivity index (χ1) is 18.4. The molecule has 0 bridgehead atoms. The summed E-state index contributed by atoms with van der Waals surface area (Å²) in [6.07, 6.45) is 0.629. The fourth-order valence-electron chi connectivity index (χ4n) is 3.95. The highest BCUT2D eigenvalue weighted by molar-refractivity contribution is 6.36. The van der Waals surface area contributed by atoms with Gasteiger partial charge in [-0.3, -0.25) is 10.2 Å². The van der Waals surface area contributed by atoms with Crippen molar-refractivity contribution >= 4 is 46.1 Å². The summed E-state index contributed by atoms with van der Waals surface area (Å²) in [5.74, 6) is -0.653. The number of nitrogens with zero attached hydrogens (tertiary/aromatic N) is 4. The van der Waals surface area contributed by atoms with E-state index in [1.54, 1.807) is 36.4 Å². The molecular weight excluding hydrogens is 530 g/mol. The Kier molecular flexibility index (Phi) is 7.01. The minimum absolute atomic E-state index is 0.0603. The van der Waals surface area contributed by atoms with Crippen LogP contribution >= 0.6 is 23.2 Å². The third-order valence-corrected chi connectivity index (χ3v) is 6.40. The van der Waals surface area contributed by atoms with Crippen molar-refractivity contribution in [1.82, 2.24) is 14.8 Å². The Morgan fingerprint density at radius 1 is 1.16 bits per heavy atom. The summed E-state index contributed by atoms with van der Waals surface area (Å²) in [4.78, 5) is 17.4. The number of para-hydroxylation sites is 2. The topological polar surface area (TPSA) is 109 Å². The van der Waals surface area contributed by atoms with Gasteiger partial charge in [-0.05, 0) is 42.3 Å². The smallest absolute Gasteiger partial charge is 0.308 e. The predicted octanol–water partition coefficient (Wildman–Crippen LogP) is 6.57. The lowest BCUT2D eigenvalue weighted by Crippen LogP contribution is -2.24. The van der Waals surface area contributed by atoms with E-state index in [1.165, 1.54) is 16.8 Å². The number of nitriles is 1. The van der Waals surface area contributed by atoms with Crippen molar-refractivity contribution in [3.05, 3.63) is 99.1 Å². The second-order valence-corrected chi connectivity index (χ2v) is 9.16. The quantitative estimate of drug-likeness (QED) is 0.238. The van der Waals surface area contributed by atoms with Crippen LogP contribution in [0.4, 0.5) is 10.3 Å². The molecule has 0 aliphatic carbocycles. The molecule has 2 aromatic heterocycles. The van der Waals surface area contributed by atoms with Gasteiger partial charge in [-0.25, -0.2) is 14.1 Å². The van der Waals surface area contributed by atoms with Gasteiger partial charge in [-0.1, -0.05) is 59.5 Å². The summed E-state index contributed by atoms with van der Waals surface area (Å²) >= 11 is 12.2. The van der Waals surface area contributed by atoms with Gasteiger partial charge < -0.3 is 9.84 Å². The fraction of sp³-hybridized carbons (Fsp3) is 0.111. The molecule has 2 heterocycles. The zero-order chi connectivity index (χ0) is 26.8. The minimum Gasteiger partial charge on any atom is -0.351 e. The van der Waals surface area contributed by atoms with E-state index in [-0.39, 0.29) is 22.9 Å². The number of rotatable bonds is 7. The number of fused-ring (bicyclic) bond motifs is 1. The maximum Gasteiger partial charge on any atom is 0.308 e. The molecule has 0 fully saturated rings. The van der Waals surface area contributed by atoms with Crippen LogP contribution in [0.2, 0.25) is 10.0 Å². The molecule has 0 saturated carbocycles. The second-order valence-electron chi connectivity index (χ2n) is 8.32. The summed E-state index contributed by atoms with van der Waals surface area (Å²) in [5.41, 5.74) is 6.13. The first-order valence-corrected chi connectivity index (χ1v) is 12.3. The molecule has 0 spiro atoms. The summed E-state index contributed by atoms with van der Waals surface area (Å²) in [7, 11) is 0. The first-order valence-electron chi connectivity index (χ1n) is 11.5. The highest BCUT2D eigenvalue weighted by Crippen LogP contribution is 2.33. The molecule has 0 unspecified atom stereocenters. The van der Waals surface area contributed by atoms with Crippen molar-refractivity contribution in [2.24, 2.45) is 0 Å². The summed E-state index contributed by atoms with van der Waals surface area (Å²) in [6, 6.07) is 18.5. The molecule has 8 nitrogen and oxygen atoms in total. The number of amides is 1. The summed E-state index contributed by atoms with van der Waals surface area (Å²) < 4.78 is 21.8. The Labute approximate surface area is 226 Å². The van der Waals surface area contributed by atoms with Gasteiger partial charge >= 0.3 is 5.91 Å². The van der Waals surface area contributed by atoms with Gasteiger partial charge in [0.05, 0.1) is 27.3 Å². The van der Waals surface area contributed by atoms with Crippen molar-refractivity contribution in [2.75, 3.05) is 10.7 Å². The van der Waals surface area contributed by atoms with E-state index in [4.69, 9.17) is 27.7 Å². The van der Waals surface area contributed by atoms with Crippen LogP contribution in [-0.4, -0.2) is 20.7 Å². The van der Waals surface area contributed by atoms with Crippen molar-refractivity contribution in [1.29, 1.82) is 5.26 Å². The van der Waals surface area contributed by atoms with Gasteiger partial charge in [-0.2, -0.15) is 5.26 Å². The van der Waals surface area contributed by atoms with Gasteiger partial charge in [0, 0.05) is 28.8 Å². The average Bonchev–Trinajstić information content (AvgIpc) is 3.53. The Morgan fingerprint density at radius 3 is 2.71 bits per heavy atom. The predicted molar refractivity (Wildman–Crippen MR) is 143 cm³/mol. The number of carbonyl (C=O) groups is 1. The number of hydrogen-bond acceptors (Lipinski definition) is 6. The number of halogens is 3. The maximum atomic E-state index is 15.1. The van der Waals surface area contributed by atoms with Gasteiger partial charge in [0.2, 0.25) is 11.7 Å². The SMILES string of the molecule is CCc1cc(C(=O)Nn2c(NCc3ccc(-c4cc(Cl)cc(Cl)c4C#N)cc3F)nc3ccccc32)on1. The number of aryl methyl sites for hydroxylation is 1. The van der Waals surface area contributed by atoms with E-state index < -0.39 is 11.7 Å². The Balaban J connectivity index is 1.41. The van der Waals surface area contributed by atoms with Crippen molar-refractivity contribution < 1.29 is 13.7 Å². The molecule has 190 valence electrons. The minimum atomic E-state index is -0.507. The molecule has 5 rings (SSSR count). The molecule has 0 saturated heterocycles. The van der Waals surface area contributed by atoms with E-state index in [0.717, 1.165) is 0 Å². The van der Waals surface area contributed by atoms with Crippen LogP contribution in [0.25, 0.3) is 22.2 Å². The molecular formula is C27H19Cl2FN6O2. The standard InChI is InChI=1S/C27H19Cl2FN6O2/c1-2-18-12-25(38-35-18)26(37)34-36-24-6-4-3-5-23(24)33-27(36)32-14-16-8-7-15(9-22(16)30)19-10-17(28)11-21(29)20(19)13-31/h3-12H,2,14H2,1H3,(H,32,33)(H,34,37). The molecule has 0 radical (unpaired) electrons. The third-order valence-electron chi connectivity index (χ3n) is 5.89. The summed E-state index contributed by atoms with van der Waals surface area (Å²) in [5, 5.41) is 17.0. The van der Waals surface area contributed by atoms with Crippen LogP contribution in [0.3, 0.4) is 0 Å². The normalized spacial score (nSPS) is 10.9. The number of hydrogen-bond donors (Lipinski definition) is 2. The van der Waals surface area contributed by atoms with E-state index in [1.807, 2.05) is 25.1 Å². The van der Waals surface area contributed by atoms with Gasteiger partial charge in [0.15, 0.2) is 0 Å². The number of carbonyl (C=O) groups excluding carboxylic acids is 1. The Hall–Kier alpha value is -4.39. The number of aromatic nitrogens is 3. The van der Waals surface area contributed by atoms with E-state index in [9.17, 15) is 10.1 Å². The highest BCUT2D eigenvalue weighted by atomic mass is 35.5. The molecule has 5 aromatic rings. The van der Waals surface area contributed by atoms with Gasteiger partial charge in [0.1, 0.15) is 11.9 Å². The lowest BCUT2D eigenvalue weighted by atomic mass is 9.99. The third kappa shape index (κ3) is 4.92. The number of benzene rings is 3.